The summed E-state index contributed by atoms with van der Waals surface area (Å²) in [4.78, 5) is 2.70. The van der Waals surface area contributed by atoms with E-state index in [1.807, 2.05) is 0 Å². The molecule has 3 nitrogen and oxygen atoms in total. The largest absolute Gasteiger partial charge is 0.220 e. The van der Waals surface area contributed by atoms with Crippen molar-refractivity contribution in [2.45, 2.75) is 0 Å². The molecule has 1 rings (SSSR count). The van der Waals surface area contributed by atoms with E-state index in [-0.39, 0.29) is 5.69 Å². The first-order valence-electron chi connectivity index (χ1n) is 2.66. The number of nitrogens with zero attached hydrogens (tertiary/aromatic N) is 2. The summed E-state index contributed by atoms with van der Waals surface area (Å²) in [6, 6.07) is 5.91. The molecule has 0 atom stereocenters. The summed E-state index contributed by atoms with van der Waals surface area (Å²) in [5, 5.41) is 3.22. The summed E-state index contributed by atoms with van der Waals surface area (Å²) < 4.78 is 12.5. The fourth-order valence-corrected chi connectivity index (χ4v) is 0.587. The molecule has 0 aliphatic carbocycles. The van der Waals surface area contributed by atoms with Crippen molar-refractivity contribution in [3.8, 4) is 0 Å². The maximum Gasteiger partial charge on any atom is 0.220 e. The molecule has 1 aromatic carbocycles. The lowest BCUT2D eigenvalue weighted by Gasteiger charge is -1.84. The van der Waals surface area contributed by atoms with Crippen molar-refractivity contribution < 1.29 is 4.39 Å². The van der Waals surface area contributed by atoms with Gasteiger partial charge in [-0.1, -0.05) is 12.1 Å². The molecule has 10 heavy (non-hydrogen) atoms. The van der Waals surface area contributed by atoms with E-state index in [0.717, 1.165) is 0 Å². The van der Waals surface area contributed by atoms with Gasteiger partial charge < -0.3 is 0 Å². The highest BCUT2D eigenvalue weighted by Crippen LogP contribution is 2.14. The van der Waals surface area contributed by atoms with Gasteiger partial charge in [0.05, 0.1) is 0 Å². The van der Waals surface area contributed by atoms with Crippen LogP contribution in [0.3, 0.4) is 0 Å². The number of nitrogens with one attached hydrogen (secondary N) is 1. The van der Waals surface area contributed by atoms with E-state index in [1.165, 1.54) is 12.1 Å². The van der Waals surface area contributed by atoms with Gasteiger partial charge in [-0.25, -0.2) is 4.39 Å². The van der Waals surface area contributed by atoms with E-state index < -0.39 is 5.82 Å². The zero-order valence-electron chi connectivity index (χ0n) is 5.08. The minimum atomic E-state index is -0.460. The first kappa shape index (κ1) is 6.58. The van der Waals surface area contributed by atoms with Gasteiger partial charge in [-0.05, 0) is 12.1 Å². The van der Waals surface area contributed by atoms with Gasteiger partial charge in [0.2, 0.25) is 4.91 Å². The molecule has 0 amide bonds. The van der Waals surface area contributed by atoms with Crippen molar-refractivity contribution in [2.24, 2.45) is 5.11 Å². The third kappa shape index (κ3) is 1.24. The molecule has 0 spiro atoms. The summed E-state index contributed by atoms with van der Waals surface area (Å²) in [7, 11) is 0. The van der Waals surface area contributed by atoms with Gasteiger partial charge in [0.1, 0.15) is 5.53 Å². The molecule has 0 aromatic heterocycles. The lowest BCUT2D eigenvalue weighted by molar-refractivity contribution is 0.627. The van der Waals surface area contributed by atoms with E-state index in [2.05, 4.69) is 10.0 Å². The van der Waals surface area contributed by atoms with E-state index in [0.29, 0.717) is 0 Å². The Bertz CT molecular complexity index is 278. The molecule has 0 unspecified atom stereocenters. The van der Waals surface area contributed by atoms with Crippen molar-refractivity contribution in [1.29, 1.82) is 5.53 Å². The molecule has 0 saturated heterocycles. The molecule has 0 bridgehead atoms. The Labute approximate surface area is 56.7 Å². The smallest absolute Gasteiger partial charge is 0.204 e. The van der Waals surface area contributed by atoms with Crippen LogP contribution in [0.15, 0.2) is 29.4 Å². The maximum absolute atomic E-state index is 12.5. The Kier molecular flexibility index (Phi) is 1.87. The molecule has 50 valence electrons. The molecular weight excluding hydrogens is 133 g/mol. The highest BCUT2D eigenvalue weighted by molar-refractivity contribution is 5.36. The van der Waals surface area contributed by atoms with Gasteiger partial charge in [0, 0.05) is 0 Å². The van der Waals surface area contributed by atoms with Gasteiger partial charge in [0.15, 0.2) is 16.6 Å². The Morgan fingerprint density at radius 2 is 2.10 bits per heavy atom. The first-order valence-corrected chi connectivity index (χ1v) is 2.66. The average Bonchev–Trinajstić information content (AvgIpc) is 1.94. The van der Waals surface area contributed by atoms with Crippen molar-refractivity contribution in [2.75, 3.05) is 0 Å². The minimum absolute atomic E-state index is 0.0949. The predicted octanol–water partition coefficient (Wildman–Crippen LogP) is 2.01. The van der Waals surface area contributed by atoms with Gasteiger partial charge in [0.25, 0.3) is 0 Å². The molecule has 4 heteroatoms. The quantitative estimate of drug-likeness (QED) is 0.456. The van der Waals surface area contributed by atoms with Crippen molar-refractivity contribution in [1.82, 2.24) is 4.91 Å². The molecule has 1 aromatic rings. The van der Waals surface area contributed by atoms with Crippen LogP contribution < -0.4 is 4.91 Å². The Morgan fingerprint density at radius 3 is 2.70 bits per heavy atom. The Morgan fingerprint density at radius 1 is 1.40 bits per heavy atom. The summed E-state index contributed by atoms with van der Waals surface area (Å²) in [6.07, 6.45) is 0. The van der Waals surface area contributed by atoms with Crippen LogP contribution in [0.25, 0.3) is 0 Å². The number of hydrogen-bond acceptors (Lipinski definition) is 2. The van der Waals surface area contributed by atoms with Crippen LogP contribution in [-0.2, 0) is 0 Å². The second-order valence-electron chi connectivity index (χ2n) is 1.65. The van der Waals surface area contributed by atoms with Crippen molar-refractivity contribution in [3.05, 3.63) is 30.1 Å². The summed E-state index contributed by atoms with van der Waals surface area (Å²) in [5.41, 5.74) is 6.42. The topological polar surface area (TPSA) is 50.3 Å². The Balaban J connectivity index is 3.14. The Hall–Kier alpha value is -1.54. The van der Waals surface area contributed by atoms with Crippen LogP contribution >= 0.6 is 0 Å². The normalized spacial score (nSPS) is 8.50. The molecule has 0 aliphatic heterocycles. The molecule has 0 radical (unpaired) electrons. The number of rotatable bonds is 1. The minimum Gasteiger partial charge on any atom is -0.204 e. The number of halogens is 1. The SMILES string of the molecule is N=[N+]=Nc1ccccc1F. The zero-order chi connectivity index (χ0) is 7.40. The summed E-state index contributed by atoms with van der Waals surface area (Å²) in [5.74, 6) is -0.460. The van der Waals surface area contributed by atoms with E-state index in [9.17, 15) is 4.39 Å². The molecule has 0 saturated carbocycles. The summed E-state index contributed by atoms with van der Waals surface area (Å²) in [6.45, 7) is 0. The fraction of sp³-hybridized carbons (Fsp3) is 0. The molecule has 1 N–H and O–H groups in total. The molecular formula is C6H5FN3+. The van der Waals surface area contributed by atoms with Crippen LogP contribution in [0, 0.1) is 11.3 Å². The lowest BCUT2D eigenvalue weighted by Crippen LogP contribution is -1.72. The van der Waals surface area contributed by atoms with E-state index >= 15 is 0 Å². The zero-order valence-corrected chi connectivity index (χ0v) is 5.08. The van der Waals surface area contributed by atoms with Crippen LogP contribution in [0.5, 0.6) is 0 Å². The summed E-state index contributed by atoms with van der Waals surface area (Å²) >= 11 is 0. The van der Waals surface area contributed by atoms with Gasteiger partial charge in [-0.2, -0.15) is 0 Å². The first-order chi connectivity index (χ1) is 4.84. The van der Waals surface area contributed by atoms with Crippen LogP contribution in [0.4, 0.5) is 10.1 Å². The van der Waals surface area contributed by atoms with E-state index in [1.54, 1.807) is 12.1 Å². The highest BCUT2D eigenvalue weighted by atomic mass is 19.1. The lowest BCUT2D eigenvalue weighted by atomic mass is 10.3. The van der Waals surface area contributed by atoms with Crippen LogP contribution in [-0.4, -0.2) is 0 Å². The number of hydrogen-bond donors (Lipinski definition) is 1. The average molecular weight is 138 g/mol. The van der Waals surface area contributed by atoms with Crippen molar-refractivity contribution in [3.63, 3.8) is 0 Å². The third-order valence-corrected chi connectivity index (χ3v) is 1.01. The molecule has 0 fully saturated rings. The number of benzene rings is 1. The van der Waals surface area contributed by atoms with Crippen molar-refractivity contribution >= 4 is 5.69 Å². The van der Waals surface area contributed by atoms with E-state index in [4.69, 9.17) is 5.53 Å². The second-order valence-corrected chi connectivity index (χ2v) is 1.65. The highest BCUT2D eigenvalue weighted by Gasteiger charge is 2.01. The fourth-order valence-electron chi connectivity index (χ4n) is 0.587. The monoisotopic (exact) mass is 138 g/mol. The predicted molar refractivity (Wildman–Crippen MR) is 33.3 cm³/mol. The van der Waals surface area contributed by atoms with Crippen LogP contribution in [0.1, 0.15) is 0 Å². The standard InChI is InChI=1S/C6H5FN3/c7-5-3-1-2-4-6(5)9-10-8/h1-4,8H/q+1. The third-order valence-electron chi connectivity index (χ3n) is 1.01. The molecule has 0 heterocycles. The van der Waals surface area contributed by atoms with Gasteiger partial charge >= 0.3 is 0 Å². The van der Waals surface area contributed by atoms with Gasteiger partial charge in [-0.15, -0.1) is 0 Å². The second kappa shape index (κ2) is 2.85. The maximum atomic E-state index is 12.5. The van der Waals surface area contributed by atoms with Crippen LogP contribution in [0.2, 0.25) is 0 Å². The molecule has 0 aliphatic rings. The van der Waals surface area contributed by atoms with Gasteiger partial charge in [-0.3, -0.25) is 0 Å².